The van der Waals surface area contributed by atoms with Crippen LogP contribution in [0.4, 0.5) is 10.1 Å². The Morgan fingerprint density at radius 3 is 2.70 bits per heavy atom. The number of hydrogen-bond acceptors (Lipinski definition) is 3. The maximum atomic E-state index is 13.6. The van der Waals surface area contributed by atoms with Crippen molar-refractivity contribution in [3.05, 3.63) is 63.4 Å². The molecule has 23 heavy (non-hydrogen) atoms. The van der Waals surface area contributed by atoms with E-state index >= 15 is 0 Å². The third kappa shape index (κ3) is 4.39. The van der Waals surface area contributed by atoms with E-state index in [1.807, 2.05) is 26.0 Å². The second-order valence-electron chi connectivity index (χ2n) is 5.00. The molecule has 0 atom stereocenters. The second-order valence-corrected chi connectivity index (χ2v) is 5.91. The SMILES string of the molecule is Cc1cccc(NC(=O)COC(=O)c2cc(Br)ccc2F)c1C. The summed E-state index contributed by atoms with van der Waals surface area (Å²) < 4.78 is 19.0. The van der Waals surface area contributed by atoms with Gasteiger partial charge < -0.3 is 10.1 Å². The van der Waals surface area contributed by atoms with Gasteiger partial charge in [-0.15, -0.1) is 0 Å². The summed E-state index contributed by atoms with van der Waals surface area (Å²) in [6.45, 7) is 3.33. The highest BCUT2D eigenvalue weighted by Crippen LogP contribution is 2.18. The zero-order valence-corrected chi connectivity index (χ0v) is 14.2. The fourth-order valence-corrected chi connectivity index (χ4v) is 2.30. The summed E-state index contributed by atoms with van der Waals surface area (Å²) in [5, 5.41) is 2.66. The van der Waals surface area contributed by atoms with E-state index < -0.39 is 24.3 Å². The van der Waals surface area contributed by atoms with Crippen molar-refractivity contribution in [1.29, 1.82) is 0 Å². The van der Waals surface area contributed by atoms with Gasteiger partial charge in [0, 0.05) is 10.2 Å². The van der Waals surface area contributed by atoms with Crippen LogP contribution in [0.15, 0.2) is 40.9 Å². The quantitative estimate of drug-likeness (QED) is 0.816. The molecule has 0 fully saturated rings. The van der Waals surface area contributed by atoms with Crippen molar-refractivity contribution in [2.45, 2.75) is 13.8 Å². The van der Waals surface area contributed by atoms with E-state index in [9.17, 15) is 14.0 Å². The van der Waals surface area contributed by atoms with Crippen LogP contribution in [-0.4, -0.2) is 18.5 Å². The van der Waals surface area contributed by atoms with Crippen molar-refractivity contribution < 1.29 is 18.7 Å². The van der Waals surface area contributed by atoms with Crippen LogP contribution in [0.3, 0.4) is 0 Å². The molecule has 0 saturated heterocycles. The molecule has 6 heteroatoms. The van der Waals surface area contributed by atoms with E-state index in [-0.39, 0.29) is 5.56 Å². The fraction of sp³-hybridized carbons (Fsp3) is 0.176. The number of amides is 1. The van der Waals surface area contributed by atoms with Crippen molar-refractivity contribution in [2.75, 3.05) is 11.9 Å². The number of ether oxygens (including phenoxy) is 1. The van der Waals surface area contributed by atoms with E-state index in [1.54, 1.807) is 6.07 Å². The number of benzene rings is 2. The molecular weight excluding hydrogens is 365 g/mol. The lowest BCUT2D eigenvalue weighted by Gasteiger charge is -2.11. The Hall–Kier alpha value is -2.21. The summed E-state index contributed by atoms with van der Waals surface area (Å²) >= 11 is 3.15. The summed E-state index contributed by atoms with van der Waals surface area (Å²) in [6.07, 6.45) is 0. The molecule has 4 nitrogen and oxygen atoms in total. The normalized spacial score (nSPS) is 10.3. The zero-order chi connectivity index (χ0) is 17.0. The fourth-order valence-electron chi connectivity index (χ4n) is 1.94. The summed E-state index contributed by atoms with van der Waals surface area (Å²) in [5.74, 6) is -2.07. The summed E-state index contributed by atoms with van der Waals surface area (Å²) in [4.78, 5) is 23.7. The molecule has 0 spiro atoms. The van der Waals surface area contributed by atoms with Gasteiger partial charge in [-0.05, 0) is 49.2 Å². The molecule has 0 aliphatic rings. The van der Waals surface area contributed by atoms with Gasteiger partial charge in [0.25, 0.3) is 5.91 Å². The molecule has 2 rings (SSSR count). The minimum atomic E-state index is -0.889. The van der Waals surface area contributed by atoms with E-state index in [2.05, 4.69) is 21.2 Å². The lowest BCUT2D eigenvalue weighted by atomic mass is 10.1. The number of carbonyl (C=O) groups excluding carboxylic acids is 2. The highest BCUT2D eigenvalue weighted by atomic mass is 79.9. The summed E-state index contributed by atoms with van der Waals surface area (Å²) in [7, 11) is 0. The van der Waals surface area contributed by atoms with E-state index in [0.29, 0.717) is 10.2 Å². The smallest absolute Gasteiger partial charge is 0.341 e. The number of halogens is 2. The number of rotatable bonds is 4. The molecular formula is C17H15BrFNO3. The average molecular weight is 380 g/mol. The van der Waals surface area contributed by atoms with Gasteiger partial charge in [0.15, 0.2) is 6.61 Å². The number of nitrogens with one attached hydrogen (secondary N) is 1. The maximum absolute atomic E-state index is 13.6. The standard InChI is InChI=1S/C17H15BrFNO3/c1-10-4-3-5-15(11(10)2)20-16(21)9-23-17(22)13-8-12(18)6-7-14(13)19/h3-8H,9H2,1-2H3,(H,20,21). The third-order valence-corrected chi connectivity index (χ3v) is 3.85. The predicted octanol–water partition coefficient (Wildman–Crippen LogP) is 4.00. The second kappa shape index (κ2) is 7.37. The molecule has 0 radical (unpaired) electrons. The van der Waals surface area contributed by atoms with Gasteiger partial charge in [0.1, 0.15) is 5.82 Å². The number of hydrogen-bond donors (Lipinski definition) is 1. The van der Waals surface area contributed by atoms with Gasteiger partial charge in [0.05, 0.1) is 5.56 Å². The summed E-state index contributed by atoms with van der Waals surface area (Å²) in [6, 6.07) is 9.44. The Balaban J connectivity index is 1.98. The van der Waals surface area contributed by atoms with Crippen LogP contribution in [0.25, 0.3) is 0 Å². The minimum Gasteiger partial charge on any atom is -0.452 e. The largest absolute Gasteiger partial charge is 0.452 e. The van der Waals surface area contributed by atoms with Crippen LogP contribution in [0, 0.1) is 19.7 Å². The van der Waals surface area contributed by atoms with E-state index in [1.165, 1.54) is 12.1 Å². The van der Waals surface area contributed by atoms with Crippen LogP contribution >= 0.6 is 15.9 Å². The molecule has 120 valence electrons. The van der Waals surface area contributed by atoms with Gasteiger partial charge >= 0.3 is 5.97 Å². The van der Waals surface area contributed by atoms with Crippen LogP contribution in [0.5, 0.6) is 0 Å². The van der Waals surface area contributed by atoms with Crippen molar-refractivity contribution in [1.82, 2.24) is 0 Å². The van der Waals surface area contributed by atoms with Crippen molar-refractivity contribution >= 4 is 33.5 Å². The predicted molar refractivity (Wildman–Crippen MR) is 88.9 cm³/mol. The Morgan fingerprint density at radius 2 is 1.96 bits per heavy atom. The average Bonchev–Trinajstić information content (AvgIpc) is 2.52. The topological polar surface area (TPSA) is 55.4 Å². The number of anilines is 1. The van der Waals surface area contributed by atoms with Crippen molar-refractivity contribution in [3.63, 3.8) is 0 Å². The van der Waals surface area contributed by atoms with Crippen LogP contribution < -0.4 is 5.32 Å². The van der Waals surface area contributed by atoms with Gasteiger partial charge in [-0.3, -0.25) is 4.79 Å². The van der Waals surface area contributed by atoms with Gasteiger partial charge in [0.2, 0.25) is 0 Å². The van der Waals surface area contributed by atoms with Crippen LogP contribution in [0.2, 0.25) is 0 Å². The third-order valence-electron chi connectivity index (χ3n) is 3.36. The molecule has 0 bridgehead atoms. The van der Waals surface area contributed by atoms with E-state index in [4.69, 9.17) is 4.74 Å². The van der Waals surface area contributed by atoms with Gasteiger partial charge in [-0.1, -0.05) is 28.1 Å². The Labute approximate surface area is 141 Å². The number of carbonyl (C=O) groups is 2. The molecule has 2 aromatic carbocycles. The molecule has 0 aromatic heterocycles. The van der Waals surface area contributed by atoms with E-state index in [0.717, 1.165) is 17.2 Å². The first-order valence-corrected chi connectivity index (χ1v) is 7.66. The first-order valence-electron chi connectivity index (χ1n) is 6.86. The molecule has 1 N–H and O–H groups in total. The Bertz CT molecular complexity index is 761. The molecule has 0 unspecified atom stereocenters. The summed E-state index contributed by atoms with van der Waals surface area (Å²) in [5.41, 5.74) is 2.40. The molecule has 0 aliphatic carbocycles. The Kier molecular flexibility index (Phi) is 5.50. The molecule has 0 heterocycles. The zero-order valence-electron chi connectivity index (χ0n) is 12.7. The van der Waals surface area contributed by atoms with Gasteiger partial charge in [-0.25, -0.2) is 9.18 Å². The molecule has 1 amide bonds. The monoisotopic (exact) mass is 379 g/mol. The maximum Gasteiger partial charge on any atom is 0.341 e. The molecule has 2 aromatic rings. The van der Waals surface area contributed by atoms with Crippen molar-refractivity contribution in [3.8, 4) is 0 Å². The molecule has 0 saturated carbocycles. The number of aryl methyl sites for hydroxylation is 1. The highest BCUT2D eigenvalue weighted by molar-refractivity contribution is 9.10. The number of esters is 1. The van der Waals surface area contributed by atoms with Crippen LogP contribution in [-0.2, 0) is 9.53 Å². The Morgan fingerprint density at radius 1 is 1.22 bits per heavy atom. The first kappa shape index (κ1) is 17.1. The van der Waals surface area contributed by atoms with Gasteiger partial charge in [-0.2, -0.15) is 0 Å². The van der Waals surface area contributed by atoms with Crippen LogP contribution in [0.1, 0.15) is 21.5 Å². The highest BCUT2D eigenvalue weighted by Gasteiger charge is 2.15. The lowest BCUT2D eigenvalue weighted by Crippen LogP contribution is -2.21. The first-order chi connectivity index (χ1) is 10.9. The molecule has 0 aliphatic heterocycles. The lowest BCUT2D eigenvalue weighted by molar-refractivity contribution is -0.119. The minimum absolute atomic E-state index is 0.223. The van der Waals surface area contributed by atoms with Crippen molar-refractivity contribution in [2.24, 2.45) is 0 Å².